The predicted octanol–water partition coefficient (Wildman–Crippen LogP) is 4.18. The molecule has 0 fully saturated rings. The van der Waals surface area contributed by atoms with Crippen LogP contribution in [0.15, 0.2) is 42.1 Å². The van der Waals surface area contributed by atoms with Crippen molar-refractivity contribution in [1.29, 1.82) is 0 Å². The zero-order valence-electron chi connectivity index (χ0n) is 25.8. The van der Waals surface area contributed by atoms with E-state index in [1.54, 1.807) is 32.0 Å². The molecule has 0 saturated heterocycles. The molecule has 0 bridgehead atoms. The minimum absolute atomic E-state index is 0.0326. The molecule has 1 unspecified atom stereocenters. The number of aromatic nitrogens is 1. The normalized spacial score (nSPS) is 15.2. The fraction of sp³-hybridized carbons (Fsp3) is 0.581. The summed E-state index contributed by atoms with van der Waals surface area (Å²) in [6.45, 7) is 15.6. The van der Waals surface area contributed by atoms with Crippen LogP contribution in [-0.2, 0) is 31.6 Å². The Balaban J connectivity index is 2.43. The highest BCUT2D eigenvalue weighted by Gasteiger charge is 2.42. The third-order valence-electron chi connectivity index (χ3n) is 7.67. The molecular formula is C31H48N4O4. The number of rotatable bonds is 10. The van der Waals surface area contributed by atoms with Gasteiger partial charge in [0.25, 0.3) is 0 Å². The van der Waals surface area contributed by atoms with Crippen molar-refractivity contribution in [3.63, 3.8) is 0 Å². The van der Waals surface area contributed by atoms with E-state index in [9.17, 15) is 14.4 Å². The van der Waals surface area contributed by atoms with Crippen molar-refractivity contribution in [3.05, 3.63) is 47.7 Å². The topological polar surface area (TPSA) is 92.7 Å². The number of carbonyl (C=O) groups is 3. The van der Waals surface area contributed by atoms with Gasteiger partial charge in [0.2, 0.25) is 11.8 Å². The Hall–Kier alpha value is -3.13. The molecule has 8 nitrogen and oxygen atoms in total. The second-order valence-electron chi connectivity index (χ2n) is 12.4. The number of benzene rings is 1. The lowest BCUT2D eigenvalue weighted by Gasteiger charge is -2.39. The Labute approximate surface area is 234 Å². The molecule has 2 N–H and O–H groups in total. The van der Waals surface area contributed by atoms with Gasteiger partial charge in [0.1, 0.15) is 6.04 Å². The highest BCUT2D eigenvalue weighted by atomic mass is 16.5. The molecule has 0 aliphatic rings. The zero-order chi connectivity index (χ0) is 29.9. The van der Waals surface area contributed by atoms with Crippen LogP contribution in [0.5, 0.6) is 0 Å². The van der Waals surface area contributed by atoms with Crippen LogP contribution in [0.25, 0.3) is 10.9 Å². The summed E-state index contributed by atoms with van der Waals surface area (Å²) in [5, 5.41) is 7.40. The molecule has 2 aromatic rings. The molecule has 216 valence electrons. The van der Waals surface area contributed by atoms with Gasteiger partial charge >= 0.3 is 5.97 Å². The molecule has 1 heterocycles. The van der Waals surface area contributed by atoms with E-state index in [0.29, 0.717) is 5.57 Å². The summed E-state index contributed by atoms with van der Waals surface area (Å²) in [4.78, 5) is 41.5. The third-order valence-corrected chi connectivity index (χ3v) is 7.67. The second-order valence-corrected chi connectivity index (χ2v) is 12.4. The molecule has 0 radical (unpaired) electrons. The van der Waals surface area contributed by atoms with Crippen LogP contribution < -0.4 is 10.6 Å². The highest BCUT2D eigenvalue weighted by molar-refractivity contribution is 5.93. The molecule has 1 aromatic heterocycles. The summed E-state index contributed by atoms with van der Waals surface area (Å²) in [5.74, 6) is -0.874. The number of likely N-dealkylation sites (N-methyl/N-ethyl adjacent to an activating group) is 2. The summed E-state index contributed by atoms with van der Waals surface area (Å²) in [6, 6.07) is 6.39. The van der Waals surface area contributed by atoms with Crippen molar-refractivity contribution in [2.75, 3.05) is 21.2 Å². The number of hydrogen-bond acceptors (Lipinski definition) is 5. The number of hydrogen-bond donors (Lipinski definition) is 2. The largest absolute Gasteiger partial charge is 0.466 e. The van der Waals surface area contributed by atoms with Crippen molar-refractivity contribution >= 4 is 28.7 Å². The Kier molecular flexibility index (Phi) is 10.2. The van der Waals surface area contributed by atoms with E-state index in [2.05, 4.69) is 33.5 Å². The summed E-state index contributed by atoms with van der Waals surface area (Å²) in [6.07, 6.45) is 3.83. The van der Waals surface area contributed by atoms with E-state index in [1.807, 2.05) is 67.6 Å². The first kappa shape index (κ1) is 32.1. The average Bonchev–Trinajstić information content (AvgIpc) is 3.21. The van der Waals surface area contributed by atoms with Crippen LogP contribution in [-0.4, -0.2) is 66.6 Å². The zero-order valence-corrected chi connectivity index (χ0v) is 25.8. The van der Waals surface area contributed by atoms with Crippen molar-refractivity contribution < 1.29 is 19.1 Å². The van der Waals surface area contributed by atoms with Gasteiger partial charge in [-0.3, -0.25) is 9.59 Å². The number of carbonyl (C=O) groups excluding carboxylic acids is 3. The Morgan fingerprint density at radius 2 is 1.64 bits per heavy atom. The van der Waals surface area contributed by atoms with Crippen molar-refractivity contribution in [2.45, 2.75) is 78.9 Å². The average molecular weight is 541 g/mol. The van der Waals surface area contributed by atoms with Crippen molar-refractivity contribution in [2.24, 2.45) is 18.4 Å². The van der Waals surface area contributed by atoms with Gasteiger partial charge in [-0.1, -0.05) is 72.7 Å². The maximum atomic E-state index is 13.9. The number of para-hydroxylation sites is 1. The molecule has 8 heteroatoms. The number of methoxy groups -OCH3 is 1. The number of esters is 1. The summed E-state index contributed by atoms with van der Waals surface area (Å²) < 4.78 is 6.92. The monoisotopic (exact) mass is 540 g/mol. The first-order chi connectivity index (χ1) is 18.0. The van der Waals surface area contributed by atoms with Crippen LogP contribution in [0.1, 0.15) is 61.0 Å². The predicted molar refractivity (Wildman–Crippen MR) is 157 cm³/mol. The van der Waals surface area contributed by atoms with Crippen LogP contribution in [0.3, 0.4) is 0 Å². The number of nitrogens with one attached hydrogen (secondary N) is 2. The van der Waals surface area contributed by atoms with E-state index in [1.165, 1.54) is 7.11 Å². The van der Waals surface area contributed by atoms with E-state index < -0.39 is 28.9 Å². The minimum atomic E-state index is -0.790. The van der Waals surface area contributed by atoms with Crippen LogP contribution >= 0.6 is 0 Å². The smallest absolute Gasteiger partial charge is 0.333 e. The number of nitrogens with zero attached hydrogens (tertiary/aromatic N) is 2. The summed E-state index contributed by atoms with van der Waals surface area (Å²) >= 11 is 0. The molecule has 0 saturated carbocycles. The van der Waals surface area contributed by atoms with Crippen LogP contribution in [0, 0.1) is 11.3 Å². The van der Waals surface area contributed by atoms with Gasteiger partial charge < -0.3 is 24.8 Å². The maximum absolute atomic E-state index is 13.9. The van der Waals surface area contributed by atoms with Gasteiger partial charge in [0.15, 0.2) is 0 Å². The van der Waals surface area contributed by atoms with Gasteiger partial charge in [0.05, 0.1) is 19.2 Å². The molecule has 0 spiro atoms. The Morgan fingerprint density at radius 1 is 1.05 bits per heavy atom. The Morgan fingerprint density at radius 3 is 2.15 bits per heavy atom. The molecule has 2 amide bonds. The third kappa shape index (κ3) is 6.90. The van der Waals surface area contributed by atoms with Crippen LogP contribution in [0.2, 0.25) is 0 Å². The lowest BCUT2D eigenvalue weighted by Crippen LogP contribution is -2.61. The second kappa shape index (κ2) is 12.4. The van der Waals surface area contributed by atoms with E-state index in [-0.39, 0.29) is 23.8 Å². The molecule has 0 aliphatic heterocycles. The standard InChI is InChI=1S/C31H48N4O4/c1-19(2)24(17-20(3)29(38)39-12)35(11)28(37)26(30(4,5)6)33-27(36)25(32-9)31(7,8)22-18-34(10)23-16-14-13-15-21(22)23/h13-19,24-26,32H,1-12H3,(H,33,36)/t24-,25?,26-/m1/s1. The van der Waals surface area contributed by atoms with Crippen molar-refractivity contribution in [1.82, 2.24) is 20.1 Å². The number of amides is 2. The maximum Gasteiger partial charge on any atom is 0.333 e. The molecule has 2 rings (SSSR count). The Bertz CT molecular complexity index is 1220. The fourth-order valence-corrected chi connectivity index (χ4v) is 5.29. The van der Waals surface area contributed by atoms with Gasteiger partial charge in [-0.15, -0.1) is 0 Å². The highest BCUT2D eigenvalue weighted by Crippen LogP contribution is 2.35. The number of fused-ring (bicyclic) bond motifs is 1. The summed E-state index contributed by atoms with van der Waals surface area (Å²) in [7, 11) is 6.82. The van der Waals surface area contributed by atoms with E-state index in [0.717, 1.165) is 16.5 Å². The van der Waals surface area contributed by atoms with Crippen LogP contribution in [0.4, 0.5) is 0 Å². The van der Waals surface area contributed by atoms with Gasteiger partial charge in [-0.2, -0.15) is 0 Å². The first-order valence-electron chi connectivity index (χ1n) is 13.5. The first-order valence-corrected chi connectivity index (χ1v) is 13.5. The molecule has 0 aliphatic carbocycles. The van der Waals surface area contributed by atoms with Gasteiger partial charge in [0, 0.05) is 42.2 Å². The SMILES string of the molecule is CNC(C(=O)N[C@H](C(=O)N(C)[C@H](C=C(C)C(=O)OC)C(C)C)C(C)(C)C)C(C)(C)c1cn(C)c2ccccc12. The lowest BCUT2D eigenvalue weighted by atomic mass is 9.76. The number of ether oxygens (including phenoxy) is 1. The quantitative estimate of drug-likeness (QED) is 0.349. The summed E-state index contributed by atoms with van der Waals surface area (Å²) in [5.41, 5.74) is 1.42. The van der Waals surface area contributed by atoms with Gasteiger partial charge in [-0.05, 0) is 36.9 Å². The van der Waals surface area contributed by atoms with Crippen molar-refractivity contribution in [3.8, 4) is 0 Å². The molecule has 1 aromatic carbocycles. The lowest BCUT2D eigenvalue weighted by molar-refractivity contribution is -0.141. The minimum Gasteiger partial charge on any atom is -0.466 e. The molecular weight excluding hydrogens is 492 g/mol. The molecule has 39 heavy (non-hydrogen) atoms. The molecule has 3 atom stereocenters. The van der Waals surface area contributed by atoms with E-state index >= 15 is 0 Å². The fourth-order valence-electron chi connectivity index (χ4n) is 5.29. The van der Waals surface area contributed by atoms with E-state index in [4.69, 9.17) is 4.74 Å². The number of aryl methyl sites for hydroxylation is 1. The van der Waals surface area contributed by atoms with Gasteiger partial charge in [-0.25, -0.2) is 4.79 Å².